The van der Waals surface area contributed by atoms with Crippen LogP contribution in [0.4, 0.5) is 0 Å². The Kier molecular flexibility index (Phi) is 6.68. The van der Waals surface area contributed by atoms with E-state index in [4.69, 9.17) is 9.47 Å². The number of benzene rings is 1. The van der Waals surface area contributed by atoms with Crippen molar-refractivity contribution in [3.63, 3.8) is 0 Å². The zero-order valence-electron chi connectivity index (χ0n) is 12.8. The average Bonchev–Trinajstić information content (AvgIpc) is 2.47. The summed E-state index contributed by atoms with van der Waals surface area (Å²) >= 11 is 0. The largest absolute Gasteiger partial charge is 0.464 e. The van der Waals surface area contributed by atoms with Gasteiger partial charge in [0, 0.05) is 13.2 Å². The highest BCUT2D eigenvalue weighted by atomic mass is 16.5. The molecule has 1 rings (SSSR count). The van der Waals surface area contributed by atoms with Gasteiger partial charge in [0.25, 0.3) is 0 Å². The minimum Gasteiger partial charge on any atom is -0.464 e. The van der Waals surface area contributed by atoms with E-state index in [1.54, 1.807) is 7.11 Å². The molecule has 1 aromatic carbocycles. The monoisotopic (exact) mass is 279 g/mol. The van der Waals surface area contributed by atoms with E-state index >= 15 is 0 Å². The maximum Gasteiger partial charge on any atom is 0.333 e. The summed E-state index contributed by atoms with van der Waals surface area (Å²) in [5.74, 6) is -0.298. The third-order valence-corrected chi connectivity index (χ3v) is 3.36. The van der Waals surface area contributed by atoms with Crippen LogP contribution in [-0.2, 0) is 19.8 Å². The summed E-state index contributed by atoms with van der Waals surface area (Å²) < 4.78 is 10.6. The summed E-state index contributed by atoms with van der Waals surface area (Å²) in [6.07, 6.45) is 0.914. The summed E-state index contributed by atoms with van der Waals surface area (Å²) in [4.78, 5) is 12.5. The third-order valence-electron chi connectivity index (χ3n) is 3.36. The minimum absolute atomic E-state index is 0.176. The molecule has 0 heterocycles. The molecule has 0 amide bonds. The standard InChI is InChI=1S/C16H25NO3/c1-5-13(3)17-16(12-19-4,15(18)20-6-2)14-10-8-7-9-11-14/h7-11,13,17H,5-6,12H2,1-4H3. The number of methoxy groups -OCH3 is 1. The lowest BCUT2D eigenvalue weighted by Gasteiger charge is -2.34. The molecule has 1 aromatic rings. The van der Waals surface area contributed by atoms with E-state index in [9.17, 15) is 4.79 Å². The lowest BCUT2D eigenvalue weighted by Crippen LogP contribution is -2.56. The molecule has 0 bridgehead atoms. The SMILES string of the molecule is CCOC(=O)C(COC)(NC(C)CC)c1ccccc1. The van der Waals surface area contributed by atoms with Gasteiger partial charge < -0.3 is 9.47 Å². The molecule has 0 saturated heterocycles. The summed E-state index contributed by atoms with van der Waals surface area (Å²) in [7, 11) is 1.59. The molecule has 0 aliphatic rings. The first-order valence-electron chi connectivity index (χ1n) is 7.10. The fraction of sp³-hybridized carbons (Fsp3) is 0.562. The first-order chi connectivity index (χ1) is 9.60. The van der Waals surface area contributed by atoms with E-state index in [0.717, 1.165) is 12.0 Å². The van der Waals surface area contributed by atoms with Crippen LogP contribution in [0.3, 0.4) is 0 Å². The molecule has 4 nitrogen and oxygen atoms in total. The number of carbonyl (C=O) groups excluding carboxylic acids is 1. The van der Waals surface area contributed by atoms with Crippen molar-refractivity contribution in [1.82, 2.24) is 5.32 Å². The number of rotatable bonds is 8. The highest BCUT2D eigenvalue weighted by Crippen LogP contribution is 2.25. The van der Waals surface area contributed by atoms with Crippen molar-refractivity contribution in [2.45, 2.75) is 38.8 Å². The molecule has 0 aliphatic carbocycles. The Balaban J connectivity index is 3.22. The van der Waals surface area contributed by atoms with E-state index in [-0.39, 0.29) is 18.6 Å². The first-order valence-corrected chi connectivity index (χ1v) is 7.10. The normalized spacial score (nSPS) is 15.4. The van der Waals surface area contributed by atoms with E-state index in [1.807, 2.05) is 44.2 Å². The second-order valence-corrected chi connectivity index (χ2v) is 4.88. The number of nitrogens with one attached hydrogen (secondary N) is 1. The van der Waals surface area contributed by atoms with Crippen LogP contribution in [0.5, 0.6) is 0 Å². The van der Waals surface area contributed by atoms with Crippen molar-refractivity contribution in [1.29, 1.82) is 0 Å². The Bertz CT molecular complexity index is 407. The van der Waals surface area contributed by atoms with Crippen LogP contribution in [0.1, 0.15) is 32.8 Å². The van der Waals surface area contributed by atoms with Gasteiger partial charge in [0.1, 0.15) is 0 Å². The molecular weight excluding hydrogens is 254 g/mol. The Morgan fingerprint density at radius 1 is 1.30 bits per heavy atom. The van der Waals surface area contributed by atoms with E-state index in [2.05, 4.69) is 12.2 Å². The molecule has 1 N–H and O–H groups in total. The molecule has 2 atom stereocenters. The smallest absolute Gasteiger partial charge is 0.333 e. The van der Waals surface area contributed by atoms with Gasteiger partial charge in [0.05, 0.1) is 13.2 Å². The zero-order valence-corrected chi connectivity index (χ0v) is 12.8. The highest BCUT2D eigenvalue weighted by Gasteiger charge is 2.42. The van der Waals surface area contributed by atoms with Gasteiger partial charge in [-0.1, -0.05) is 37.3 Å². The van der Waals surface area contributed by atoms with E-state index in [1.165, 1.54) is 0 Å². The predicted molar refractivity (Wildman–Crippen MR) is 79.5 cm³/mol. The maximum absolute atomic E-state index is 12.5. The van der Waals surface area contributed by atoms with Gasteiger partial charge in [-0.15, -0.1) is 0 Å². The van der Waals surface area contributed by atoms with Crippen LogP contribution in [0, 0.1) is 0 Å². The number of hydrogen-bond acceptors (Lipinski definition) is 4. The van der Waals surface area contributed by atoms with Gasteiger partial charge in [-0.2, -0.15) is 0 Å². The van der Waals surface area contributed by atoms with Crippen molar-refractivity contribution in [2.24, 2.45) is 0 Å². The molecule has 0 saturated carbocycles. The number of hydrogen-bond donors (Lipinski definition) is 1. The molecule has 0 fully saturated rings. The fourth-order valence-electron chi connectivity index (χ4n) is 2.16. The number of ether oxygens (including phenoxy) is 2. The molecule has 4 heteroatoms. The van der Waals surface area contributed by atoms with Crippen LogP contribution in [0.2, 0.25) is 0 Å². The molecule has 20 heavy (non-hydrogen) atoms. The van der Waals surface area contributed by atoms with Crippen LogP contribution in [0.15, 0.2) is 30.3 Å². The molecule has 112 valence electrons. The maximum atomic E-state index is 12.5. The summed E-state index contributed by atoms with van der Waals surface area (Å²) in [6.45, 7) is 6.52. The highest BCUT2D eigenvalue weighted by molar-refractivity contribution is 5.83. The van der Waals surface area contributed by atoms with E-state index < -0.39 is 5.54 Å². The molecule has 0 aliphatic heterocycles. The lowest BCUT2D eigenvalue weighted by atomic mass is 9.89. The first kappa shape index (κ1) is 16.7. The second kappa shape index (κ2) is 8.02. The fourth-order valence-corrected chi connectivity index (χ4v) is 2.16. The van der Waals surface area contributed by atoms with Gasteiger partial charge in [0.2, 0.25) is 0 Å². The van der Waals surface area contributed by atoms with Crippen LogP contribution in [-0.4, -0.2) is 32.3 Å². The van der Waals surface area contributed by atoms with Gasteiger partial charge in [0.15, 0.2) is 5.54 Å². The molecule has 0 spiro atoms. The molecule has 0 radical (unpaired) electrons. The second-order valence-electron chi connectivity index (χ2n) is 4.88. The Morgan fingerprint density at radius 2 is 1.95 bits per heavy atom. The van der Waals surface area contributed by atoms with Crippen LogP contribution >= 0.6 is 0 Å². The van der Waals surface area contributed by atoms with Crippen molar-refractivity contribution in [3.05, 3.63) is 35.9 Å². The predicted octanol–water partition coefficient (Wildman–Crippen LogP) is 2.48. The Morgan fingerprint density at radius 3 is 2.45 bits per heavy atom. The summed E-state index contributed by atoms with van der Waals surface area (Å²) in [5.41, 5.74) is -0.0952. The van der Waals surface area contributed by atoms with Crippen molar-refractivity contribution in [3.8, 4) is 0 Å². The van der Waals surface area contributed by atoms with Crippen LogP contribution < -0.4 is 5.32 Å². The third kappa shape index (κ3) is 3.81. The lowest BCUT2D eigenvalue weighted by molar-refractivity contribution is -0.155. The van der Waals surface area contributed by atoms with Gasteiger partial charge >= 0.3 is 5.97 Å². The van der Waals surface area contributed by atoms with Crippen molar-refractivity contribution in [2.75, 3.05) is 20.3 Å². The average molecular weight is 279 g/mol. The summed E-state index contributed by atoms with van der Waals surface area (Å²) in [6, 6.07) is 9.77. The van der Waals surface area contributed by atoms with Crippen LogP contribution in [0.25, 0.3) is 0 Å². The van der Waals surface area contributed by atoms with Crippen molar-refractivity contribution >= 4 is 5.97 Å². The topological polar surface area (TPSA) is 47.6 Å². The number of carbonyl (C=O) groups is 1. The van der Waals surface area contributed by atoms with Gasteiger partial charge in [-0.3, -0.25) is 5.32 Å². The van der Waals surface area contributed by atoms with Gasteiger partial charge in [-0.25, -0.2) is 4.79 Å². The van der Waals surface area contributed by atoms with E-state index in [0.29, 0.717) is 6.61 Å². The van der Waals surface area contributed by atoms with Gasteiger partial charge in [-0.05, 0) is 25.8 Å². The molecular formula is C16H25NO3. The molecule has 0 aromatic heterocycles. The Labute approximate surface area is 121 Å². The summed E-state index contributed by atoms with van der Waals surface area (Å²) in [5, 5.41) is 3.38. The zero-order chi connectivity index (χ0) is 15.0. The molecule has 2 unspecified atom stereocenters. The quantitative estimate of drug-likeness (QED) is 0.743. The van der Waals surface area contributed by atoms with Crippen molar-refractivity contribution < 1.29 is 14.3 Å². The number of esters is 1. The Hall–Kier alpha value is -1.39. The minimum atomic E-state index is -0.957.